The number of anilines is 2. The largest absolute Gasteiger partial charge is 0.507 e. The van der Waals surface area contributed by atoms with Gasteiger partial charge >= 0.3 is 5.97 Å². The van der Waals surface area contributed by atoms with Crippen molar-refractivity contribution in [1.82, 2.24) is 9.97 Å². The van der Waals surface area contributed by atoms with Crippen molar-refractivity contribution in [3.63, 3.8) is 0 Å². The van der Waals surface area contributed by atoms with Crippen LogP contribution in [0.25, 0.3) is 55.2 Å². The topological polar surface area (TPSA) is 138 Å². The first kappa shape index (κ1) is 30.9. The average Bonchev–Trinajstić information content (AvgIpc) is 3.14. The average molecular weight is 679 g/mol. The highest BCUT2D eigenvalue weighted by Gasteiger charge is 2.28. The van der Waals surface area contributed by atoms with Gasteiger partial charge in [0.05, 0.1) is 44.1 Å². The van der Waals surface area contributed by atoms with E-state index in [1.54, 1.807) is 42.7 Å². The number of rotatable bonds is 8. The lowest BCUT2D eigenvalue weighted by molar-refractivity contribution is 0.0697. The summed E-state index contributed by atoms with van der Waals surface area (Å²) in [6.45, 7) is 0.148. The number of aromatic nitrogens is 2. The first-order valence-corrected chi connectivity index (χ1v) is 16.2. The molecule has 9 nitrogen and oxygen atoms in total. The highest BCUT2D eigenvalue weighted by molar-refractivity contribution is 6.31. The van der Waals surface area contributed by atoms with E-state index in [2.05, 4.69) is 20.6 Å². The van der Waals surface area contributed by atoms with Crippen LogP contribution in [-0.4, -0.2) is 26.2 Å². The number of aromatic carboxylic acids is 1. The summed E-state index contributed by atoms with van der Waals surface area (Å²) in [5, 5.41) is 30.6. The van der Waals surface area contributed by atoms with Gasteiger partial charge in [0.25, 0.3) is 0 Å². The minimum Gasteiger partial charge on any atom is -0.507 e. The van der Waals surface area contributed by atoms with Crippen molar-refractivity contribution in [2.24, 2.45) is 0 Å². The molecule has 6 aromatic rings. The molecule has 0 radical (unpaired) electrons. The van der Waals surface area contributed by atoms with E-state index in [0.29, 0.717) is 33.3 Å². The standard InChI is InChI=1S/C40H27ClN4O5/c41-30-19-27-34(24-11-1-2-12-25(24)40(48)49)26-15-16-33(46)28(20-44-31-13-3-7-22-9-5-17-42-35(22)31)38(26)50-39(27)29(37(30)47)21-45-32-14-4-8-23-10-6-18-43-36(23)32/h1-19,44-46H,20-21H2,(H,48,49). The van der Waals surface area contributed by atoms with Gasteiger partial charge in [-0.2, -0.15) is 0 Å². The van der Waals surface area contributed by atoms with Crippen molar-refractivity contribution < 1.29 is 19.4 Å². The van der Waals surface area contributed by atoms with Gasteiger partial charge in [0.2, 0.25) is 5.43 Å². The fourth-order valence-electron chi connectivity index (χ4n) is 6.52. The Labute approximate surface area is 289 Å². The predicted octanol–water partition coefficient (Wildman–Crippen LogP) is 8.94. The van der Waals surface area contributed by atoms with Crippen LogP contribution in [0.3, 0.4) is 0 Å². The number of carbonyl (C=O) groups is 1. The third-order valence-electron chi connectivity index (χ3n) is 8.86. The maximum absolute atomic E-state index is 13.8. The zero-order chi connectivity index (χ0) is 34.4. The van der Waals surface area contributed by atoms with Crippen LogP contribution >= 0.6 is 11.6 Å². The lowest BCUT2D eigenvalue weighted by Gasteiger charge is -2.21. The molecular formula is C40H27ClN4O5. The number of phenols is 1. The molecule has 0 saturated carbocycles. The molecule has 2 aromatic heterocycles. The minimum absolute atomic E-state index is 0.0225. The fourth-order valence-corrected chi connectivity index (χ4v) is 6.74. The van der Waals surface area contributed by atoms with E-state index in [1.165, 1.54) is 12.1 Å². The van der Waals surface area contributed by atoms with E-state index in [0.717, 1.165) is 27.5 Å². The first-order chi connectivity index (χ1) is 24.4. The number of halogens is 1. The van der Waals surface area contributed by atoms with E-state index < -0.39 is 11.4 Å². The summed E-state index contributed by atoms with van der Waals surface area (Å²) in [5.74, 6) is -0.957. The highest BCUT2D eigenvalue weighted by atomic mass is 35.5. The van der Waals surface area contributed by atoms with Crippen LogP contribution in [0.15, 0.2) is 125 Å². The van der Waals surface area contributed by atoms with Crippen LogP contribution < -0.4 is 16.1 Å². The Hall–Kier alpha value is -6.45. The molecule has 8 rings (SSSR count). The molecule has 0 spiro atoms. The molecule has 0 atom stereocenters. The van der Waals surface area contributed by atoms with E-state index in [9.17, 15) is 19.8 Å². The van der Waals surface area contributed by atoms with Gasteiger partial charge in [0.1, 0.15) is 17.1 Å². The van der Waals surface area contributed by atoms with Crippen LogP contribution in [0.2, 0.25) is 5.02 Å². The first-order valence-electron chi connectivity index (χ1n) is 15.8. The van der Waals surface area contributed by atoms with Gasteiger partial charge in [-0.05, 0) is 54.1 Å². The summed E-state index contributed by atoms with van der Waals surface area (Å²) in [5.41, 5.74) is 4.84. The third kappa shape index (κ3) is 5.30. The number of hydrogen-bond donors (Lipinski definition) is 4. The number of para-hydroxylation sites is 2. The van der Waals surface area contributed by atoms with Crippen molar-refractivity contribution in [3.05, 3.63) is 147 Å². The Morgan fingerprint density at radius 1 is 0.740 bits per heavy atom. The number of carboxylic acids is 1. The van der Waals surface area contributed by atoms with Crippen LogP contribution in [-0.2, 0) is 13.1 Å². The molecule has 0 unspecified atom stereocenters. The lowest BCUT2D eigenvalue weighted by atomic mass is 9.88. The number of nitrogens with zero attached hydrogens (tertiary/aromatic N) is 2. The fraction of sp³-hybridized carbons (Fsp3) is 0.0500. The summed E-state index contributed by atoms with van der Waals surface area (Å²) < 4.78 is 6.66. The molecule has 50 heavy (non-hydrogen) atoms. The van der Waals surface area contributed by atoms with Gasteiger partial charge in [-0.3, -0.25) is 14.8 Å². The summed E-state index contributed by atoms with van der Waals surface area (Å²) in [4.78, 5) is 35.4. The molecule has 0 fully saturated rings. The van der Waals surface area contributed by atoms with Crippen LogP contribution in [0.4, 0.5) is 11.4 Å². The van der Waals surface area contributed by atoms with Gasteiger partial charge in [-0.25, -0.2) is 4.79 Å². The summed E-state index contributed by atoms with van der Waals surface area (Å²) in [7, 11) is 0. The Bertz CT molecular complexity index is 2650. The minimum atomic E-state index is -1.12. The second kappa shape index (κ2) is 12.5. The molecule has 0 bridgehead atoms. The highest BCUT2D eigenvalue weighted by Crippen LogP contribution is 2.45. The molecule has 3 heterocycles. The van der Waals surface area contributed by atoms with Crippen LogP contribution in [0.1, 0.15) is 21.5 Å². The number of aromatic hydroxyl groups is 1. The molecule has 4 N–H and O–H groups in total. The molecule has 2 aliphatic rings. The number of nitrogens with one attached hydrogen (secondary N) is 2. The zero-order valence-electron chi connectivity index (χ0n) is 26.3. The van der Waals surface area contributed by atoms with Crippen LogP contribution in [0, 0.1) is 0 Å². The van der Waals surface area contributed by atoms with E-state index in [-0.39, 0.29) is 46.3 Å². The maximum Gasteiger partial charge on any atom is 0.336 e. The molecule has 244 valence electrons. The molecule has 10 heteroatoms. The third-order valence-corrected chi connectivity index (χ3v) is 9.14. The monoisotopic (exact) mass is 678 g/mol. The Morgan fingerprint density at radius 3 is 2.02 bits per heavy atom. The maximum atomic E-state index is 13.8. The lowest BCUT2D eigenvalue weighted by Crippen LogP contribution is -2.17. The Kier molecular flexibility index (Phi) is 7.74. The molecule has 1 aliphatic carbocycles. The number of phenolic OH excluding ortho intramolecular Hbond substituents is 1. The van der Waals surface area contributed by atoms with E-state index in [1.807, 2.05) is 60.7 Å². The number of benzene rings is 5. The van der Waals surface area contributed by atoms with Gasteiger partial charge in [0, 0.05) is 52.8 Å². The normalized spacial score (nSPS) is 11.4. The summed E-state index contributed by atoms with van der Waals surface area (Å²) in [6, 6.07) is 30.5. The second-order valence-corrected chi connectivity index (χ2v) is 12.2. The summed E-state index contributed by atoms with van der Waals surface area (Å²) >= 11 is 6.64. The van der Waals surface area contributed by atoms with Crippen molar-refractivity contribution in [2.45, 2.75) is 13.1 Å². The van der Waals surface area contributed by atoms with Crippen molar-refractivity contribution in [1.29, 1.82) is 0 Å². The second-order valence-electron chi connectivity index (χ2n) is 11.8. The smallest absolute Gasteiger partial charge is 0.336 e. The van der Waals surface area contributed by atoms with Gasteiger partial charge in [-0.15, -0.1) is 0 Å². The van der Waals surface area contributed by atoms with Gasteiger partial charge < -0.3 is 25.3 Å². The summed E-state index contributed by atoms with van der Waals surface area (Å²) in [6.07, 6.45) is 3.41. The van der Waals surface area contributed by atoms with E-state index >= 15 is 0 Å². The number of carboxylic acid groups (broad SMARTS) is 1. The Morgan fingerprint density at radius 2 is 1.36 bits per heavy atom. The van der Waals surface area contributed by atoms with Gasteiger partial charge in [-0.1, -0.05) is 66.2 Å². The quantitative estimate of drug-likeness (QED) is 0.116. The molecular weight excluding hydrogens is 652 g/mol. The van der Waals surface area contributed by atoms with Crippen molar-refractivity contribution in [3.8, 4) is 28.2 Å². The van der Waals surface area contributed by atoms with Crippen molar-refractivity contribution in [2.75, 3.05) is 10.6 Å². The number of fused-ring (bicyclic) bond motifs is 4. The molecule has 4 aromatic carbocycles. The Balaban J connectivity index is 1.35. The molecule has 0 saturated heterocycles. The van der Waals surface area contributed by atoms with Crippen LogP contribution in [0.5, 0.6) is 5.75 Å². The molecule has 0 amide bonds. The zero-order valence-corrected chi connectivity index (χ0v) is 27.0. The SMILES string of the molecule is O=C(O)c1ccccc1-c1c2cc(Cl)c(=O)c(CNc3cccc4cccnc34)c-2oc2c(CNc3cccc4cccnc34)c(O)ccc12. The van der Waals surface area contributed by atoms with Crippen molar-refractivity contribution >= 4 is 61.7 Å². The number of hydrogen-bond acceptors (Lipinski definition) is 8. The van der Waals surface area contributed by atoms with Gasteiger partial charge in [0.15, 0.2) is 0 Å². The number of pyridine rings is 2. The van der Waals surface area contributed by atoms with E-state index in [4.69, 9.17) is 16.0 Å². The molecule has 1 aliphatic heterocycles. The predicted molar refractivity (Wildman–Crippen MR) is 196 cm³/mol.